The maximum absolute atomic E-state index is 13.0. The molecule has 1 aliphatic heterocycles. The van der Waals surface area contributed by atoms with Crippen molar-refractivity contribution in [2.24, 2.45) is 0 Å². The van der Waals surface area contributed by atoms with Gasteiger partial charge >= 0.3 is 5.97 Å². The van der Waals surface area contributed by atoms with Crippen LogP contribution >= 0.6 is 24.0 Å². The van der Waals surface area contributed by atoms with Crippen LogP contribution in [-0.2, 0) is 4.79 Å². The number of carboxylic acids is 1. The van der Waals surface area contributed by atoms with Gasteiger partial charge in [-0.2, -0.15) is 0 Å². The number of para-hydroxylation sites is 1. The van der Waals surface area contributed by atoms with Crippen molar-refractivity contribution in [1.29, 1.82) is 0 Å². The van der Waals surface area contributed by atoms with E-state index in [9.17, 15) is 9.59 Å². The van der Waals surface area contributed by atoms with E-state index >= 15 is 0 Å². The van der Waals surface area contributed by atoms with Crippen LogP contribution in [0.4, 0.5) is 5.69 Å². The average Bonchev–Trinajstić information content (AvgIpc) is 3.27. The van der Waals surface area contributed by atoms with Crippen molar-refractivity contribution >= 4 is 51.9 Å². The van der Waals surface area contributed by atoms with Crippen LogP contribution < -0.4 is 4.90 Å². The van der Waals surface area contributed by atoms with Gasteiger partial charge < -0.3 is 9.52 Å². The number of thioether (sulfide) groups is 1. The quantitative estimate of drug-likeness (QED) is 0.421. The molecule has 0 radical (unpaired) electrons. The van der Waals surface area contributed by atoms with Gasteiger partial charge in [0.1, 0.15) is 11.5 Å². The molecule has 0 aliphatic carbocycles. The lowest BCUT2D eigenvalue weighted by Crippen LogP contribution is -2.28. The number of aryl methyl sites for hydroxylation is 2. The van der Waals surface area contributed by atoms with Crippen molar-refractivity contribution < 1.29 is 19.1 Å². The first kappa shape index (κ1) is 20.1. The van der Waals surface area contributed by atoms with Gasteiger partial charge in [0.05, 0.1) is 16.2 Å². The maximum Gasteiger partial charge on any atom is 0.335 e. The molecular formula is C23H17NO4S2. The maximum atomic E-state index is 13.0. The number of rotatable bonds is 4. The number of furan rings is 1. The summed E-state index contributed by atoms with van der Waals surface area (Å²) in [5, 5.41) is 9.12. The predicted molar refractivity (Wildman–Crippen MR) is 123 cm³/mol. The van der Waals surface area contributed by atoms with Gasteiger partial charge in [-0.15, -0.1) is 0 Å². The summed E-state index contributed by atoms with van der Waals surface area (Å²) in [7, 11) is 0. The second-order valence-corrected chi connectivity index (χ2v) is 8.52. The summed E-state index contributed by atoms with van der Waals surface area (Å²) >= 11 is 6.67. The second-order valence-electron chi connectivity index (χ2n) is 6.84. The lowest BCUT2D eigenvalue weighted by atomic mass is 10.0. The minimum Gasteiger partial charge on any atom is -0.478 e. The molecule has 1 saturated heterocycles. The third-order valence-electron chi connectivity index (χ3n) is 4.79. The van der Waals surface area contributed by atoms with Gasteiger partial charge in [0, 0.05) is 11.6 Å². The third-order valence-corrected chi connectivity index (χ3v) is 6.09. The molecule has 1 fully saturated rings. The first-order valence-electron chi connectivity index (χ1n) is 9.13. The van der Waals surface area contributed by atoms with E-state index in [0.29, 0.717) is 20.7 Å². The number of carbonyl (C=O) groups is 2. The van der Waals surface area contributed by atoms with Crippen LogP contribution in [0, 0.1) is 13.8 Å². The number of anilines is 1. The number of amides is 1. The Labute approximate surface area is 183 Å². The van der Waals surface area contributed by atoms with Gasteiger partial charge in [-0.3, -0.25) is 9.69 Å². The fraction of sp³-hybridized carbons (Fsp3) is 0.0870. The summed E-state index contributed by atoms with van der Waals surface area (Å²) in [5.74, 6) is -0.0261. The van der Waals surface area contributed by atoms with Crippen LogP contribution in [0.2, 0.25) is 0 Å². The van der Waals surface area contributed by atoms with Gasteiger partial charge in [0.25, 0.3) is 5.91 Å². The number of benzene rings is 2. The Bertz CT molecular complexity index is 1230. The first-order chi connectivity index (χ1) is 14.3. The summed E-state index contributed by atoms with van der Waals surface area (Å²) in [6.45, 7) is 3.77. The lowest BCUT2D eigenvalue weighted by molar-refractivity contribution is -0.113. The van der Waals surface area contributed by atoms with Gasteiger partial charge in [0.15, 0.2) is 4.32 Å². The first-order valence-corrected chi connectivity index (χ1v) is 10.4. The third kappa shape index (κ3) is 3.69. The second kappa shape index (κ2) is 7.93. The summed E-state index contributed by atoms with van der Waals surface area (Å²) in [5.41, 5.74) is 3.56. The van der Waals surface area contributed by atoms with Crippen molar-refractivity contribution in [3.63, 3.8) is 0 Å². The molecule has 1 aromatic heterocycles. The average molecular weight is 436 g/mol. The number of carbonyl (C=O) groups excluding carboxylic acids is 1. The molecule has 1 N–H and O–H groups in total. The van der Waals surface area contributed by atoms with Crippen LogP contribution in [0.5, 0.6) is 0 Å². The highest BCUT2D eigenvalue weighted by Crippen LogP contribution is 2.38. The van der Waals surface area contributed by atoms with Crippen molar-refractivity contribution in [2.75, 3.05) is 4.90 Å². The van der Waals surface area contributed by atoms with E-state index < -0.39 is 5.97 Å². The van der Waals surface area contributed by atoms with Gasteiger partial charge in [0.2, 0.25) is 0 Å². The molecule has 2 aromatic carbocycles. The molecular weight excluding hydrogens is 418 g/mol. The Balaban J connectivity index is 1.62. The fourth-order valence-electron chi connectivity index (χ4n) is 3.27. The molecule has 30 heavy (non-hydrogen) atoms. The Morgan fingerprint density at radius 1 is 1.10 bits per heavy atom. The van der Waals surface area contributed by atoms with Crippen LogP contribution in [0.3, 0.4) is 0 Å². The van der Waals surface area contributed by atoms with Gasteiger partial charge in [-0.1, -0.05) is 48.2 Å². The van der Waals surface area contributed by atoms with Crippen LogP contribution in [0.15, 0.2) is 63.9 Å². The largest absolute Gasteiger partial charge is 0.478 e. The molecule has 0 bridgehead atoms. The Hall–Kier alpha value is -3.16. The number of hydrogen-bond acceptors (Lipinski definition) is 5. The SMILES string of the molecule is Cc1cc(C(=O)O)ccc1-c1ccc(/C=C2\SC(=S)N(c3ccccc3C)C2=O)o1. The number of nitrogens with zero attached hydrogens (tertiary/aromatic N) is 1. The topological polar surface area (TPSA) is 70.8 Å². The lowest BCUT2D eigenvalue weighted by Gasteiger charge is -2.16. The molecule has 0 saturated carbocycles. The predicted octanol–water partition coefficient (Wildman–Crippen LogP) is 5.67. The monoisotopic (exact) mass is 435 g/mol. The van der Waals surface area contributed by atoms with E-state index in [4.69, 9.17) is 21.7 Å². The summed E-state index contributed by atoms with van der Waals surface area (Å²) < 4.78 is 6.39. The van der Waals surface area contributed by atoms with E-state index in [2.05, 4.69) is 0 Å². The smallest absolute Gasteiger partial charge is 0.335 e. The molecule has 0 atom stereocenters. The summed E-state index contributed by atoms with van der Waals surface area (Å²) in [4.78, 5) is 26.1. The van der Waals surface area contributed by atoms with Gasteiger partial charge in [-0.25, -0.2) is 4.79 Å². The molecule has 0 spiro atoms. The van der Waals surface area contributed by atoms with E-state index in [0.717, 1.165) is 22.4 Å². The molecule has 2 heterocycles. The van der Waals surface area contributed by atoms with Crippen LogP contribution in [0.1, 0.15) is 27.2 Å². The Morgan fingerprint density at radius 2 is 1.87 bits per heavy atom. The van der Waals surface area contributed by atoms with Crippen molar-refractivity contribution in [2.45, 2.75) is 13.8 Å². The van der Waals surface area contributed by atoms with Crippen molar-refractivity contribution in [1.82, 2.24) is 0 Å². The highest BCUT2D eigenvalue weighted by Gasteiger charge is 2.34. The minimum absolute atomic E-state index is 0.181. The molecule has 3 aromatic rings. The molecule has 0 unspecified atom stereocenters. The number of thiocarbonyl (C=S) groups is 1. The standard InChI is InChI=1S/C23H17NO4S2/c1-13-5-3-4-6-18(13)24-21(25)20(30-23(24)29)12-16-8-10-19(28-16)17-9-7-15(22(26)27)11-14(17)2/h3-12H,1-2H3,(H,26,27)/b20-12-. The zero-order chi connectivity index (χ0) is 21.4. The zero-order valence-electron chi connectivity index (χ0n) is 16.2. The molecule has 150 valence electrons. The number of aromatic carboxylic acids is 1. The zero-order valence-corrected chi connectivity index (χ0v) is 17.8. The Kier molecular flexibility index (Phi) is 5.32. The van der Waals surface area contributed by atoms with Crippen LogP contribution in [-0.4, -0.2) is 21.3 Å². The molecule has 1 amide bonds. The summed E-state index contributed by atoms with van der Waals surface area (Å²) in [6, 6.07) is 16.1. The highest BCUT2D eigenvalue weighted by molar-refractivity contribution is 8.27. The van der Waals surface area contributed by atoms with Crippen molar-refractivity contribution in [3.8, 4) is 11.3 Å². The minimum atomic E-state index is -0.972. The van der Waals surface area contributed by atoms with E-state index in [1.165, 1.54) is 11.8 Å². The Morgan fingerprint density at radius 3 is 2.57 bits per heavy atom. The summed E-state index contributed by atoms with van der Waals surface area (Å²) in [6.07, 6.45) is 1.68. The van der Waals surface area contributed by atoms with Crippen LogP contribution in [0.25, 0.3) is 17.4 Å². The molecule has 7 heteroatoms. The normalized spacial score (nSPS) is 15.3. The fourth-order valence-corrected chi connectivity index (χ4v) is 4.53. The molecule has 5 nitrogen and oxygen atoms in total. The molecule has 1 aliphatic rings. The van der Waals surface area contributed by atoms with E-state index in [1.54, 1.807) is 41.3 Å². The highest BCUT2D eigenvalue weighted by atomic mass is 32.2. The number of carboxylic acid groups (broad SMARTS) is 1. The number of hydrogen-bond donors (Lipinski definition) is 1. The molecule has 4 rings (SSSR count). The van der Waals surface area contributed by atoms with E-state index in [1.807, 2.05) is 38.1 Å². The van der Waals surface area contributed by atoms with Crippen molar-refractivity contribution in [3.05, 3.63) is 82.0 Å². The van der Waals surface area contributed by atoms with Gasteiger partial charge in [-0.05, 0) is 55.3 Å². The van der Waals surface area contributed by atoms with E-state index in [-0.39, 0.29) is 11.5 Å².